The number of rotatable bonds is 5. The van der Waals surface area contributed by atoms with E-state index in [0.29, 0.717) is 22.2 Å². The topological polar surface area (TPSA) is 129 Å². The number of hydrogen-bond acceptors (Lipinski definition) is 7. The fourth-order valence-electron chi connectivity index (χ4n) is 2.65. The minimum Gasteiger partial charge on any atom is -0.497 e. The van der Waals surface area contributed by atoms with E-state index in [9.17, 15) is 19.2 Å². The lowest BCUT2D eigenvalue weighted by Gasteiger charge is -2.09. The maximum absolute atomic E-state index is 12.4. The molecular weight excluding hydrogens is 392 g/mol. The number of benzene rings is 2. The van der Waals surface area contributed by atoms with Gasteiger partial charge in [-0.1, -0.05) is 18.2 Å². The predicted molar refractivity (Wildman–Crippen MR) is 107 cm³/mol. The van der Waals surface area contributed by atoms with E-state index < -0.39 is 24.5 Å². The molecule has 0 aliphatic heterocycles. The summed E-state index contributed by atoms with van der Waals surface area (Å²) >= 11 is 0. The van der Waals surface area contributed by atoms with E-state index in [1.165, 1.54) is 14.2 Å². The molecule has 2 aromatic carbocycles. The van der Waals surface area contributed by atoms with Crippen molar-refractivity contribution in [1.29, 1.82) is 0 Å². The Morgan fingerprint density at radius 3 is 2.37 bits per heavy atom. The Balaban J connectivity index is 1.60. The highest BCUT2D eigenvalue weighted by Gasteiger charge is 2.18. The molecule has 3 rings (SSSR count). The number of hydrogen-bond donors (Lipinski definition) is 2. The van der Waals surface area contributed by atoms with Crippen LogP contribution in [0.2, 0.25) is 0 Å². The second-order valence-corrected chi connectivity index (χ2v) is 6.13. The van der Waals surface area contributed by atoms with Gasteiger partial charge in [0.25, 0.3) is 11.5 Å². The van der Waals surface area contributed by atoms with E-state index in [4.69, 9.17) is 9.47 Å². The van der Waals surface area contributed by atoms with E-state index in [1.54, 1.807) is 48.5 Å². The van der Waals surface area contributed by atoms with Crippen LogP contribution in [0.4, 0.5) is 10.5 Å². The Morgan fingerprint density at radius 1 is 1.03 bits per heavy atom. The fraction of sp³-hybridized carbons (Fsp3) is 0.150. The molecule has 3 amide bonds. The van der Waals surface area contributed by atoms with E-state index in [2.05, 4.69) is 10.4 Å². The zero-order valence-electron chi connectivity index (χ0n) is 16.2. The third kappa shape index (κ3) is 4.61. The molecule has 0 atom stereocenters. The maximum atomic E-state index is 12.4. The second-order valence-electron chi connectivity index (χ2n) is 6.13. The molecular formula is C20H18N4O6. The van der Waals surface area contributed by atoms with E-state index in [0.717, 1.165) is 4.68 Å². The van der Waals surface area contributed by atoms with Gasteiger partial charge in [0, 0.05) is 18.1 Å². The number of ether oxygens (including phenoxy) is 2. The SMILES string of the molecule is COc1ccc(NC(=O)NC(=O)COC(=O)c2nn(C)c(=O)c3ccccc23)cc1. The quantitative estimate of drug-likeness (QED) is 0.609. The molecule has 1 aromatic heterocycles. The van der Waals surface area contributed by atoms with Gasteiger partial charge in [-0.25, -0.2) is 14.3 Å². The highest BCUT2D eigenvalue weighted by atomic mass is 16.5. The third-order valence-corrected chi connectivity index (χ3v) is 4.09. The number of anilines is 1. The van der Waals surface area contributed by atoms with Crippen LogP contribution in [0.25, 0.3) is 10.8 Å². The van der Waals surface area contributed by atoms with Crippen molar-refractivity contribution in [3.05, 3.63) is 64.6 Å². The van der Waals surface area contributed by atoms with Gasteiger partial charge < -0.3 is 14.8 Å². The third-order valence-electron chi connectivity index (χ3n) is 4.09. The van der Waals surface area contributed by atoms with Crippen LogP contribution in [0.1, 0.15) is 10.5 Å². The monoisotopic (exact) mass is 410 g/mol. The molecule has 154 valence electrons. The number of amides is 3. The number of carbonyl (C=O) groups excluding carboxylic acids is 3. The predicted octanol–water partition coefficient (Wildman–Crippen LogP) is 1.45. The average molecular weight is 410 g/mol. The van der Waals surface area contributed by atoms with Crippen molar-refractivity contribution < 1.29 is 23.9 Å². The Labute approximate surface area is 170 Å². The van der Waals surface area contributed by atoms with Crippen molar-refractivity contribution in [3.8, 4) is 5.75 Å². The smallest absolute Gasteiger partial charge is 0.359 e. The van der Waals surface area contributed by atoms with Gasteiger partial charge in [-0.3, -0.25) is 14.9 Å². The Bertz CT molecular complexity index is 1170. The molecule has 30 heavy (non-hydrogen) atoms. The molecule has 0 saturated carbocycles. The van der Waals surface area contributed by atoms with Crippen molar-refractivity contribution in [2.24, 2.45) is 7.05 Å². The van der Waals surface area contributed by atoms with Gasteiger partial charge in [0.15, 0.2) is 12.3 Å². The summed E-state index contributed by atoms with van der Waals surface area (Å²) in [7, 11) is 2.92. The standard InChI is InChI=1S/C20H18N4O6/c1-24-18(26)15-6-4-3-5-14(15)17(23-24)19(27)30-11-16(25)22-20(28)21-12-7-9-13(29-2)10-8-12/h3-10H,11H2,1-2H3,(H2,21,22,25,28). The van der Waals surface area contributed by atoms with Crippen LogP contribution in [0.15, 0.2) is 53.3 Å². The van der Waals surface area contributed by atoms with Gasteiger partial charge in [-0.2, -0.15) is 5.10 Å². The summed E-state index contributed by atoms with van der Waals surface area (Å²) in [5, 5.41) is 9.04. The average Bonchev–Trinajstić information content (AvgIpc) is 2.75. The van der Waals surface area contributed by atoms with Crippen LogP contribution in [0.3, 0.4) is 0 Å². The Morgan fingerprint density at radius 2 is 1.70 bits per heavy atom. The van der Waals surface area contributed by atoms with E-state index >= 15 is 0 Å². The summed E-state index contributed by atoms with van der Waals surface area (Å²) in [5.74, 6) is -1.11. The molecule has 2 N–H and O–H groups in total. The Kier molecular flexibility index (Phi) is 6.06. The molecule has 0 aliphatic rings. The number of imide groups is 1. The minimum atomic E-state index is -0.896. The number of fused-ring (bicyclic) bond motifs is 1. The number of carbonyl (C=O) groups is 3. The molecule has 0 fully saturated rings. The summed E-state index contributed by atoms with van der Waals surface area (Å²) in [5.41, 5.74) is -0.0303. The first-order valence-electron chi connectivity index (χ1n) is 8.77. The first kappa shape index (κ1) is 20.5. The number of nitrogens with zero attached hydrogens (tertiary/aromatic N) is 2. The van der Waals surface area contributed by atoms with Gasteiger partial charge in [0.2, 0.25) is 0 Å². The molecule has 0 spiro atoms. The maximum Gasteiger partial charge on any atom is 0.359 e. The van der Waals surface area contributed by atoms with Crippen molar-refractivity contribution in [2.75, 3.05) is 19.0 Å². The zero-order chi connectivity index (χ0) is 21.7. The zero-order valence-corrected chi connectivity index (χ0v) is 16.2. The fourth-order valence-corrected chi connectivity index (χ4v) is 2.65. The molecule has 1 heterocycles. The summed E-state index contributed by atoms with van der Waals surface area (Å²) in [6.45, 7) is -0.701. The van der Waals surface area contributed by atoms with Crippen LogP contribution in [0, 0.1) is 0 Å². The molecule has 10 heteroatoms. The van der Waals surface area contributed by atoms with Crippen LogP contribution in [0.5, 0.6) is 5.75 Å². The number of urea groups is 1. The first-order valence-corrected chi connectivity index (χ1v) is 8.77. The number of methoxy groups -OCH3 is 1. The molecule has 3 aromatic rings. The summed E-state index contributed by atoms with van der Waals surface area (Å²) in [6, 6.07) is 12.1. The van der Waals surface area contributed by atoms with Crippen molar-refractivity contribution in [3.63, 3.8) is 0 Å². The van der Waals surface area contributed by atoms with Crippen molar-refractivity contribution in [2.45, 2.75) is 0 Å². The van der Waals surface area contributed by atoms with Crippen LogP contribution < -0.4 is 20.9 Å². The summed E-state index contributed by atoms with van der Waals surface area (Å²) in [4.78, 5) is 48.3. The minimum absolute atomic E-state index is 0.108. The first-order chi connectivity index (χ1) is 14.4. The second kappa shape index (κ2) is 8.86. The molecule has 0 radical (unpaired) electrons. The highest BCUT2D eigenvalue weighted by molar-refractivity contribution is 6.04. The molecule has 0 aliphatic carbocycles. The van der Waals surface area contributed by atoms with Gasteiger partial charge in [-0.05, 0) is 30.3 Å². The van der Waals surface area contributed by atoms with Crippen molar-refractivity contribution >= 4 is 34.4 Å². The molecule has 0 saturated heterocycles. The number of esters is 1. The van der Waals surface area contributed by atoms with Crippen LogP contribution >= 0.6 is 0 Å². The van der Waals surface area contributed by atoms with Gasteiger partial charge in [0.05, 0.1) is 12.5 Å². The summed E-state index contributed by atoms with van der Waals surface area (Å²) in [6.07, 6.45) is 0. The van der Waals surface area contributed by atoms with Crippen molar-refractivity contribution in [1.82, 2.24) is 15.1 Å². The van der Waals surface area contributed by atoms with Crippen LogP contribution in [-0.4, -0.2) is 41.4 Å². The lowest BCUT2D eigenvalue weighted by molar-refractivity contribution is -0.123. The number of aryl methyl sites for hydroxylation is 1. The Hall–Kier alpha value is -4.21. The largest absolute Gasteiger partial charge is 0.497 e. The normalized spacial score (nSPS) is 10.3. The van der Waals surface area contributed by atoms with Gasteiger partial charge >= 0.3 is 12.0 Å². The lowest BCUT2D eigenvalue weighted by atomic mass is 10.1. The summed E-state index contributed by atoms with van der Waals surface area (Å²) < 4.78 is 11.0. The van der Waals surface area contributed by atoms with Gasteiger partial charge in [0.1, 0.15) is 5.75 Å². The lowest BCUT2D eigenvalue weighted by Crippen LogP contribution is -2.37. The van der Waals surface area contributed by atoms with E-state index in [1.807, 2.05) is 5.32 Å². The highest BCUT2D eigenvalue weighted by Crippen LogP contribution is 2.15. The number of aromatic nitrogens is 2. The molecule has 10 nitrogen and oxygen atoms in total. The molecule has 0 unspecified atom stereocenters. The number of nitrogens with one attached hydrogen (secondary N) is 2. The van der Waals surface area contributed by atoms with Gasteiger partial charge in [-0.15, -0.1) is 0 Å². The van der Waals surface area contributed by atoms with Crippen LogP contribution in [-0.2, 0) is 16.6 Å². The molecule has 0 bridgehead atoms. The van der Waals surface area contributed by atoms with E-state index in [-0.39, 0.29) is 11.3 Å².